The molecule has 2 amide bonds. The molecule has 164 valence electrons. The first-order valence-corrected chi connectivity index (χ1v) is 10.5. The summed E-state index contributed by atoms with van der Waals surface area (Å²) >= 11 is 0. The molecule has 3 aromatic rings. The van der Waals surface area contributed by atoms with E-state index in [0.717, 1.165) is 35.4 Å². The van der Waals surface area contributed by atoms with Crippen LogP contribution in [0.3, 0.4) is 0 Å². The highest BCUT2D eigenvalue weighted by Crippen LogP contribution is 2.16. The molecule has 0 spiro atoms. The Morgan fingerprint density at radius 1 is 1.06 bits per heavy atom. The molecule has 3 rings (SSSR count). The number of anilines is 1. The fourth-order valence-corrected chi connectivity index (χ4v) is 3.32. The topological polar surface area (TPSA) is 85.3 Å². The number of fused-ring (bicyclic) bond motifs is 1. The lowest BCUT2D eigenvalue weighted by molar-refractivity contribution is -0.120. The van der Waals surface area contributed by atoms with Crippen LogP contribution in [0.1, 0.15) is 38.6 Å². The molecule has 0 bridgehead atoms. The van der Waals surface area contributed by atoms with Crippen molar-refractivity contribution >= 4 is 28.7 Å². The van der Waals surface area contributed by atoms with E-state index < -0.39 is 11.7 Å². The van der Waals surface area contributed by atoms with Crippen LogP contribution >= 0.6 is 0 Å². The first kappa shape index (κ1) is 22.3. The van der Waals surface area contributed by atoms with Gasteiger partial charge in [-0.3, -0.25) is 10.1 Å². The zero-order valence-corrected chi connectivity index (χ0v) is 18.6. The van der Waals surface area contributed by atoms with Gasteiger partial charge >= 0.3 is 6.09 Å². The van der Waals surface area contributed by atoms with Crippen molar-refractivity contribution in [2.75, 3.05) is 11.9 Å². The number of imidazole rings is 1. The lowest BCUT2D eigenvalue weighted by Gasteiger charge is -2.19. The quantitative estimate of drug-likeness (QED) is 0.551. The summed E-state index contributed by atoms with van der Waals surface area (Å²) < 4.78 is 7.41. The first-order valence-electron chi connectivity index (χ1n) is 10.5. The molecule has 0 saturated carbocycles. The van der Waals surface area contributed by atoms with Crippen LogP contribution in [0.2, 0.25) is 0 Å². The highest BCUT2D eigenvalue weighted by molar-refractivity contribution is 5.85. The molecule has 0 fully saturated rings. The number of benzene rings is 2. The van der Waals surface area contributed by atoms with Gasteiger partial charge in [0.25, 0.3) is 0 Å². The molecule has 0 saturated heterocycles. The number of amides is 2. The Morgan fingerprint density at radius 2 is 1.77 bits per heavy atom. The summed E-state index contributed by atoms with van der Waals surface area (Å²) in [6.45, 7) is 8.84. The van der Waals surface area contributed by atoms with Crippen LogP contribution in [0, 0.1) is 6.92 Å². The molecule has 31 heavy (non-hydrogen) atoms. The summed E-state index contributed by atoms with van der Waals surface area (Å²) in [6.07, 6.45) is 0.615. The maximum Gasteiger partial charge on any atom is 0.412 e. The molecular formula is C24H30N4O3. The molecule has 0 aliphatic carbocycles. The third-order valence-corrected chi connectivity index (χ3v) is 4.69. The third-order valence-electron chi connectivity index (χ3n) is 4.69. The van der Waals surface area contributed by atoms with Crippen LogP contribution < -0.4 is 10.6 Å². The van der Waals surface area contributed by atoms with Gasteiger partial charge in [0.15, 0.2) is 0 Å². The fraction of sp³-hybridized carbons (Fsp3) is 0.375. The van der Waals surface area contributed by atoms with Crippen LogP contribution in [0.5, 0.6) is 0 Å². The van der Waals surface area contributed by atoms with E-state index in [1.807, 2.05) is 58.0 Å². The molecule has 7 heteroatoms. The Kier molecular flexibility index (Phi) is 6.95. The summed E-state index contributed by atoms with van der Waals surface area (Å²) in [5, 5.41) is 5.65. The number of rotatable bonds is 7. The molecule has 0 radical (unpaired) electrons. The number of aromatic nitrogens is 2. The van der Waals surface area contributed by atoms with Crippen molar-refractivity contribution in [3.05, 3.63) is 59.9 Å². The number of carbonyl (C=O) groups excluding carboxylic acids is 2. The average molecular weight is 423 g/mol. The normalized spacial score (nSPS) is 11.4. The SMILES string of the molecule is Cc1nc2ccccc2n1CCCNC(=O)Cc1ccc(NC(=O)OC(C)(C)C)cc1. The Bertz CT molecular complexity index is 1050. The fourth-order valence-electron chi connectivity index (χ4n) is 3.32. The van der Waals surface area contributed by atoms with Crippen molar-refractivity contribution in [3.8, 4) is 0 Å². The Labute approximate surface area is 182 Å². The van der Waals surface area contributed by atoms with E-state index in [0.29, 0.717) is 18.7 Å². The summed E-state index contributed by atoms with van der Waals surface area (Å²) in [5.41, 5.74) is 3.07. The number of ether oxygens (including phenoxy) is 1. The van der Waals surface area contributed by atoms with Gasteiger partial charge in [-0.15, -0.1) is 0 Å². The average Bonchev–Trinajstić information content (AvgIpc) is 3.00. The summed E-state index contributed by atoms with van der Waals surface area (Å²) in [5.74, 6) is 0.952. The minimum absolute atomic E-state index is 0.0277. The molecule has 0 aliphatic heterocycles. The molecule has 1 aromatic heterocycles. The van der Waals surface area contributed by atoms with E-state index in [9.17, 15) is 9.59 Å². The summed E-state index contributed by atoms with van der Waals surface area (Å²) in [6, 6.07) is 15.2. The van der Waals surface area contributed by atoms with Gasteiger partial charge in [0.2, 0.25) is 5.91 Å². The molecule has 1 heterocycles. The number of hydrogen-bond acceptors (Lipinski definition) is 4. The lowest BCUT2D eigenvalue weighted by Crippen LogP contribution is -2.27. The molecule has 0 unspecified atom stereocenters. The molecule has 7 nitrogen and oxygen atoms in total. The van der Waals surface area contributed by atoms with Crippen LogP contribution in [0.25, 0.3) is 11.0 Å². The van der Waals surface area contributed by atoms with Crippen molar-refractivity contribution in [1.29, 1.82) is 0 Å². The summed E-state index contributed by atoms with van der Waals surface area (Å²) in [4.78, 5) is 28.6. The highest BCUT2D eigenvalue weighted by Gasteiger charge is 2.16. The van der Waals surface area contributed by atoms with Gasteiger partial charge in [-0.2, -0.15) is 0 Å². The minimum atomic E-state index is -0.550. The van der Waals surface area contributed by atoms with E-state index in [-0.39, 0.29) is 5.91 Å². The van der Waals surface area contributed by atoms with Gasteiger partial charge in [-0.1, -0.05) is 24.3 Å². The van der Waals surface area contributed by atoms with Crippen molar-refractivity contribution in [2.45, 2.75) is 52.7 Å². The monoisotopic (exact) mass is 422 g/mol. The molecule has 2 N–H and O–H groups in total. The van der Waals surface area contributed by atoms with E-state index in [2.05, 4.69) is 26.3 Å². The van der Waals surface area contributed by atoms with Gasteiger partial charge in [-0.05, 0) is 63.9 Å². The predicted octanol–water partition coefficient (Wildman–Crippen LogP) is 4.44. The highest BCUT2D eigenvalue weighted by atomic mass is 16.6. The minimum Gasteiger partial charge on any atom is -0.444 e. The zero-order chi connectivity index (χ0) is 22.4. The molecule has 2 aromatic carbocycles. The van der Waals surface area contributed by atoms with Crippen LogP contribution in [-0.2, 0) is 22.5 Å². The Morgan fingerprint density at radius 3 is 2.48 bits per heavy atom. The number of carbonyl (C=O) groups is 2. The van der Waals surface area contributed by atoms with Crippen LogP contribution in [-0.4, -0.2) is 33.7 Å². The second-order valence-electron chi connectivity index (χ2n) is 8.50. The number of hydrogen-bond donors (Lipinski definition) is 2. The van der Waals surface area contributed by atoms with Gasteiger partial charge in [0.1, 0.15) is 11.4 Å². The van der Waals surface area contributed by atoms with Gasteiger partial charge < -0.3 is 14.6 Å². The number of aryl methyl sites for hydroxylation is 2. The van der Waals surface area contributed by atoms with E-state index in [1.165, 1.54) is 0 Å². The van der Waals surface area contributed by atoms with E-state index in [4.69, 9.17) is 4.74 Å². The Balaban J connectivity index is 1.42. The second kappa shape index (κ2) is 9.64. The number of nitrogens with zero attached hydrogens (tertiary/aromatic N) is 2. The van der Waals surface area contributed by atoms with E-state index >= 15 is 0 Å². The number of para-hydroxylation sites is 2. The van der Waals surface area contributed by atoms with E-state index in [1.54, 1.807) is 12.1 Å². The smallest absolute Gasteiger partial charge is 0.412 e. The second-order valence-corrected chi connectivity index (χ2v) is 8.50. The van der Waals surface area contributed by atoms with Crippen molar-refractivity contribution < 1.29 is 14.3 Å². The summed E-state index contributed by atoms with van der Waals surface area (Å²) in [7, 11) is 0. The van der Waals surface area contributed by atoms with Gasteiger partial charge in [0.05, 0.1) is 17.5 Å². The van der Waals surface area contributed by atoms with Gasteiger partial charge in [-0.25, -0.2) is 9.78 Å². The largest absolute Gasteiger partial charge is 0.444 e. The molecular weight excluding hydrogens is 392 g/mol. The molecule has 0 aliphatic rings. The first-order chi connectivity index (χ1) is 14.7. The zero-order valence-electron chi connectivity index (χ0n) is 18.6. The van der Waals surface area contributed by atoms with Crippen molar-refractivity contribution in [1.82, 2.24) is 14.9 Å². The van der Waals surface area contributed by atoms with Crippen molar-refractivity contribution in [3.63, 3.8) is 0 Å². The van der Waals surface area contributed by atoms with Crippen LogP contribution in [0.4, 0.5) is 10.5 Å². The third kappa shape index (κ3) is 6.57. The van der Waals surface area contributed by atoms with Gasteiger partial charge in [0, 0.05) is 18.8 Å². The van der Waals surface area contributed by atoms with Crippen molar-refractivity contribution in [2.24, 2.45) is 0 Å². The maximum atomic E-state index is 12.3. The predicted molar refractivity (Wildman–Crippen MR) is 122 cm³/mol. The Hall–Kier alpha value is -3.35. The number of nitrogens with one attached hydrogen (secondary N) is 2. The standard InChI is InChI=1S/C24H30N4O3/c1-17-26-20-8-5-6-9-21(20)28(17)15-7-14-25-22(29)16-18-10-12-19(13-11-18)27-23(30)31-24(2,3)4/h5-6,8-13H,7,14-16H2,1-4H3,(H,25,29)(H,27,30). The maximum absolute atomic E-state index is 12.3. The van der Waals surface area contributed by atoms with Crippen LogP contribution in [0.15, 0.2) is 48.5 Å². The lowest BCUT2D eigenvalue weighted by atomic mass is 10.1. The molecule has 0 atom stereocenters.